The van der Waals surface area contributed by atoms with Crippen LogP contribution in [0.5, 0.6) is 0 Å². The molecule has 303 valence electrons. The van der Waals surface area contributed by atoms with Gasteiger partial charge in [0.05, 0.1) is 22.5 Å². The van der Waals surface area contributed by atoms with Crippen LogP contribution >= 0.6 is 0 Å². The molecule has 0 saturated carbocycles. The van der Waals surface area contributed by atoms with E-state index in [0.717, 1.165) is 47.8 Å². The average molecular weight is 977 g/mol. The fraction of sp³-hybridized carbons (Fsp3) is 0.238. The first-order valence-electron chi connectivity index (χ1n) is 16.7. The fourth-order valence-corrected chi connectivity index (χ4v) is 4.78. The van der Waals surface area contributed by atoms with Gasteiger partial charge in [0.25, 0.3) is 0 Å². The molecule has 15 heteroatoms. The SMILES string of the molecule is CC(C)(C)c1ccnc(-c2cc(C(C)(C)C)ccn2)c1.Fc1c[c-]c(-c2ccc(C(F)(F)F)cn2)c(F)c1.Fc1c[c-]c(-c2ccc(C(F)(F)F)cn2)c(F)c1.[Ir]. The van der Waals surface area contributed by atoms with Crippen LogP contribution in [0.15, 0.2) is 97.6 Å². The van der Waals surface area contributed by atoms with E-state index in [-0.39, 0.29) is 53.5 Å². The van der Waals surface area contributed by atoms with Crippen LogP contribution < -0.4 is 0 Å². The Labute approximate surface area is 336 Å². The van der Waals surface area contributed by atoms with Crippen molar-refractivity contribution in [3.05, 3.63) is 155 Å². The zero-order valence-electron chi connectivity index (χ0n) is 31.1. The number of rotatable bonds is 3. The Balaban J connectivity index is 0.000000227. The molecule has 4 heterocycles. The predicted octanol–water partition coefficient (Wildman–Crippen LogP) is 12.4. The molecule has 0 aliphatic heterocycles. The van der Waals surface area contributed by atoms with Gasteiger partial charge in [-0.25, -0.2) is 0 Å². The summed E-state index contributed by atoms with van der Waals surface area (Å²) in [5.74, 6) is -3.49. The number of benzene rings is 2. The van der Waals surface area contributed by atoms with Gasteiger partial charge in [0, 0.05) is 68.2 Å². The van der Waals surface area contributed by atoms with E-state index in [2.05, 4.69) is 97.9 Å². The van der Waals surface area contributed by atoms with Crippen LogP contribution in [0.3, 0.4) is 0 Å². The van der Waals surface area contributed by atoms with Gasteiger partial charge < -0.3 is 9.97 Å². The molecule has 0 N–H and O–H groups in total. The zero-order valence-corrected chi connectivity index (χ0v) is 33.5. The summed E-state index contributed by atoms with van der Waals surface area (Å²) in [6.07, 6.45) is -4.08. The molecule has 0 aliphatic rings. The third kappa shape index (κ3) is 13.0. The Hall–Kier alpha value is -5.01. The number of aromatic nitrogens is 4. The molecule has 4 aromatic heterocycles. The second-order valence-corrected chi connectivity index (χ2v) is 14.3. The number of pyridine rings is 4. The minimum absolute atomic E-state index is 0. The Bertz CT molecular complexity index is 2080. The van der Waals surface area contributed by atoms with Gasteiger partial charge in [0.15, 0.2) is 0 Å². The third-order valence-electron chi connectivity index (χ3n) is 7.92. The van der Waals surface area contributed by atoms with Crippen LogP contribution in [0.2, 0.25) is 0 Å². The summed E-state index contributed by atoms with van der Waals surface area (Å²) in [5, 5.41) is 0. The van der Waals surface area contributed by atoms with E-state index in [1.807, 2.05) is 12.4 Å². The Morgan fingerprint density at radius 2 is 0.789 bits per heavy atom. The van der Waals surface area contributed by atoms with Crippen molar-refractivity contribution in [2.45, 2.75) is 64.7 Å². The molecule has 6 rings (SSSR count). The van der Waals surface area contributed by atoms with Crippen molar-refractivity contribution < 1.29 is 64.0 Å². The quantitative estimate of drug-likeness (QED) is 0.131. The summed E-state index contributed by atoms with van der Waals surface area (Å²) in [6, 6.07) is 19.6. The zero-order chi connectivity index (χ0) is 41.6. The van der Waals surface area contributed by atoms with Gasteiger partial charge >= 0.3 is 12.4 Å². The molecule has 0 spiro atoms. The van der Waals surface area contributed by atoms with Crippen molar-refractivity contribution in [3.63, 3.8) is 0 Å². The number of nitrogens with zero attached hydrogens (tertiary/aromatic N) is 4. The minimum atomic E-state index is -4.50. The predicted molar refractivity (Wildman–Crippen MR) is 192 cm³/mol. The standard InChI is InChI=1S/C18H24N2.2C12H5F5N.Ir/c1-17(2,3)13-7-9-19-15(11-13)16-12-14(8-10-20-16)18(4,5)6;2*13-8-2-3-9(10(14)5-8)11-4-1-7(6-18-11)12(15,16)17;/h7-12H,1-6H3;2*1-2,4-6H;/q;2*-1;. The third-order valence-corrected chi connectivity index (χ3v) is 7.92. The van der Waals surface area contributed by atoms with Gasteiger partial charge in [0.2, 0.25) is 0 Å². The molecule has 0 atom stereocenters. The van der Waals surface area contributed by atoms with Crippen LogP contribution in [0.25, 0.3) is 33.9 Å². The van der Waals surface area contributed by atoms with Crippen LogP contribution in [0.4, 0.5) is 43.9 Å². The summed E-state index contributed by atoms with van der Waals surface area (Å²) in [4.78, 5) is 16.0. The molecule has 0 bridgehead atoms. The maximum atomic E-state index is 13.3. The van der Waals surface area contributed by atoms with E-state index in [1.54, 1.807) is 0 Å². The summed E-state index contributed by atoms with van der Waals surface area (Å²) in [6.45, 7) is 13.3. The number of hydrogen-bond acceptors (Lipinski definition) is 4. The van der Waals surface area contributed by atoms with Gasteiger partial charge in [-0.15, -0.1) is 24.3 Å². The topological polar surface area (TPSA) is 51.6 Å². The molecule has 0 unspecified atom stereocenters. The average Bonchev–Trinajstić information content (AvgIpc) is 3.11. The van der Waals surface area contributed by atoms with Crippen LogP contribution in [0, 0.1) is 35.4 Å². The molecule has 2 aromatic carbocycles. The van der Waals surface area contributed by atoms with Crippen LogP contribution in [0.1, 0.15) is 63.8 Å². The molecule has 0 saturated heterocycles. The molecule has 0 fully saturated rings. The second kappa shape index (κ2) is 18.5. The van der Waals surface area contributed by atoms with Crippen molar-refractivity contribution >= 4 is 0 Å². The first-order valence-corrected chi connectivity index (χ1v) is 16.7. The van der Waals surface area contributed by atoms with E-state index in [4.69, 9.17) is 0 Å². The maximum absolute atomic E-state index is 13.3. The van der Waals surface area contributed by atoms with Crippen LogP contribution in [-0.4, -0.2) is 19.9 Å². The molecule has 0 aliphatic carbocycles. The molecule has 6 aromatic rings. The van der Waals surface area contributed by atoms with Gasteiger partial charge in [-0.05, 0) is 57.6 Å². The Morgan fingerprint density at radius 1 is 0.439 bits per heavy atom. The van der Waals surface area contributed by atoms with Gasteiger partial charge in [-0.1, -0.05) is 89.1 Å². The van der Waals surface area contributed by atoms with Gasteiger partial charge in [-0.2, -0.15) is 26.3 Å². The number of halogens is 10. The van der Waals surface area contributed by atoms with Crippen LogP contribution in [-0.2, 0) is 43.3 Å². The first-order chi connectivity index (χ1) is 25.9. The van der Waals surface area contributed by atoms with Crippen molar-refractivity contribution in [1.29, 1.82) is 0 Å². The largest absolute Gasteiger partial charge is 0.417 e. The molecular weight excluding hydrogens is 943 g/mol. The molecule has 4 nitrogen and oxygen atoms in total. The van der Waals surface area contributed by atoms with Crippen molar-refractivity contribution in [1.82, 2.24) is 19.9 Å². The summed E-state index contributed by atoms with van der Waals surface area (Å²) in [5.41, 5.74) is 2.40. The first kappa shape index (κ1) is 46.4. The molecule has 57 heavy (non-hydrogen) atoms. The maximum Gasteiger partial charge on any atom is 0.417 e. The van der Waals surface area contributed by atoms with Crippen molar-refractivity contribution in [2.24, 2.45) is 0 Å². The van der Waals surface area contributed by atoms with Gasteiger partial charge in [0.1, 0.15) is 0 Å². The van der Waals surface area contributed by atoms with E-state index in [9.17, 15) is 43.9 Å². The molecular formula is C42H34F10IrN4-2. The van der Waals surface area contributed by atoms with E-state index < -0.39 is 46.7 Å². The molecule has 0 amide bonds. The fourth-order valence-electron chi connectivity index (χ4n) is 4.78. The van der Waals surface area contributed by atoms with Crippen molar-refractivity contribution in [2.75, 3.05) is 0 Å². The van der Waals surface area contributed by atoms with E-state index >= 15 is 0 Å². The van der Waals surface area contributed by atoms with E-state index in [0.29, 0.717) is 24.5 Å². The summed E-state index contributed by atoms with van der Waals surface area (Å²) >= 11 is 0. The number of alkyl halides is 6. The summed E-state index contributed by atoms with van der Waals surface area (Å²) < 4.78 is 126. The van der Waals surface area contributed by atoms with E-state index in [1.165, 1.54) is 11.1 Å². The number of hydrogen-bond donors (Lipinski definition) is 0. The summed E-state index contributed by atoms with van der Waals surface area (Å²) in [7, 11) is 0. The van der Waals surface area contributed by atoms with Crippen molar-refractivity contribution in [3.8, 4) is 33.9 Å². The second-order valence-electron chi connectivity index (χ2n) is 14.3. The monoisotopic (exact) mass is 977 g/mol. The normalized spacial score (nSPS) is 11.7. The Kier molecular flexibility index (Phi) is 15.1. The smallest absolute Gasteiger partial charge is 0.304 e. The minimum Gasteiger partial charge on any atom is -0.304 e. The molecule has 1 radical (unpaired) electrons. The Morgan fingerprint density at radius 3 is 1.05 bits per heavy atom. The van der Waals surface area contributed by atoms with Gasteiger partial charge in [-0.3, -0.25) is 27.5 Å².